The molecule has 1 unspecified atom stereocenters. The molecule has 2 fully saturated rings. The Balaban J connectivity index is 1.74. The first-order valence-corrected chi connectivity index (χ1v) is 9.48. The smallest absolute Gasteiger partial charge is 0.211 e. The first kappa shape index (κ1) is 15.3. The van der Waals surface area contributed by atoms with Gasteiger partial charge in [-0.3, -0.25) is 0 Å². The van der Waals surface area contributed by atoms with Crippen LogP contribution >= 0.6 is 0 Å². The van der Waals surface area contributed by atoms with E-state index in [0.29, 0.717) is 25.0 Å². The Bertz CT molecular complexity index is 375. The van der Waals surface area contributed by atoms with Gasteiger partial charge in [-0.05, 0) is 56.9 Å². The molecular formula is C14H28N2O2S. The third-order valence-corrected chi connectivity index (χ3v) is 5.93. The van der Waals surface area contributed by atoms with E-state index in [1.165, 1.54) is 31.9 Å². The lowest BCUT2D eigenvalue weighted by Crippen LogP contribution is -2.44. The molecule has 5 heteroatoms. The lowest BCUT2D eigenvalue weighted by atomic mass is 9.87. The second kappa shape index (κ2) is 6.55. The molecule has 1 heterocycles. The molecule has 1 N–H and O–H groups in total. The first-order valence-electron chi connectivity index (χ1n) is 7.63. The quantitative estimate of drug-likeness (QED) is 0.858. The predicted molar refractivity (Wildman–Crippen MR) is 78.6 cm³/mol. The third-order valence-electron chi connectivity index (χ3n) is 4.66. The molecule has 0 radical (unpaired) electrons. The van der Waals surface area contributed by atoms with Gasteiger partial charge in [0.05, 0.1) is 6.26 Å². The number of piperidine rings is 1. The van der Waals surface area contributed by atoms with E-state index in [4.69, 9.17) is 0 Å². The normalized spacial score (nSPS) is 34.3. The summed E-state index contributed by atoms with van der Waals surface area (Å²) in [7, 11) is -3.00. The summed E-state index contributed by atoms with van der Waals surface area (Å²) in [5.41, 5.74) is 0. The zero-order valence-electron chi connectivity index (χ0n) is 12.3. The van der Waals surface area contributed by atoms with Crippen LogP contribution in [-0.2, 0) is 10.0 Å². The molecule has 0 aromatic heterocycles. The molecule has 4 nitrogen and oxygen atoms in total. The summed E-state index contributed by atoms with van der Waals surface area (Å²) in [6, 6.07) is 0.657. The molecule has 0 spiro atoms. The molecule has 0 aromatic carbocycles. The monoisotopic (exact) mass is 288 g/mol. The van der Waals surface area contributed by atoms with E-state index < -0.39 is 10.0 Å². The van der Waals surface area contributed by atoms with Crippen molar-refractivity contribution >= 4 is 10.0 Å². The molecule has 1 saturated carbocycles. The summed E-state index contributed by atoms with van der Waals surface area (Å²) in [5, 5.41) is 3.66. The van der Waals surface area contributed by atoms with E-state index in [2.05, 4.69) is 12.2 Å². The molecule has 19 heavy (non-hydrogen) atoms. The first-order chi connectivity index (χ1) is 8.95. The van der Waals surface area contributed by atoms with Crippen molar-refractivity contribution in [1.82, 2.24) is 9.62 Å². The van der Waals surface area contributed by atoms with Gasteiger partial charge in [-0.1, -0.05) is 6.92 Å². The second-order valence-corrected chi connectivity index (χ2v) is 8.48. The van der Waals surface area contributed by atoms with Crippen molar-refractivity contribution in [1.29, 1.82) is 0 Å². The van der Waals surface area contributed by atoms with Crippen molar-refractivity contribution < 1.29 is 8.42 Å². The highest BCUT2D eigenvalue weighted by Crippen LogP contribution is 2.24. The van der Waals surface area contributed by atoms with E-state index >= 15 is 0 Å². The molecular weight excluding hydrogens is 260 g/mol. The maximum absolute atomic E-state index is 11.6. The summed E-state index contributed by atoms with van der Waals surface area (Å²) in [5.74, 6) is 1.37. The lowest BCUT2D eigenvalue weighted by Gasteiger charge is -2.33. The fraction of sp³-hybridized carbons (Fsp3) is 1.00. The molecule has 0 amide bonds. The van der Waals surface area contributed by atoms with E-state index in [9.17, 15) is 8.42 Å². The molecule has 0 aromatic rings. The number of hydrogen-bond acceptors (Lipinski definition) is 3. The zero-order chi connectivity index (χ0) is 13.9. The lowest BCUT2D eigenvalue weighted by molar-refractivity contribution is 0.238. The molecule has 1 saturated heterocycles. The molecule has 0 bridgehead atoms. The number of sulfonamides is 1. The minimum atomic E-state index is -3.00. The highest BCUT2D eigenvalue weighted by Gasteiger charge is 2.26. The topological polar surface area (TPSA) is 49.4 Å². The van der Waals surface area contributed by atoms with Crippen LogP contribution in [0.15, 0.2) is 0 Å². The van der Waals surface area contributed by atoms with E-state index in [1.54, 1.807) is 4.31 Å². The maximum Gasteiger partial charge on any atom is 0.211 e. The largest absolute Gasteiger partial charge is 0.314 e. The van der Waals surface area contributed by atoms with Crippen LogP contribution in [0.1, 0.15) is 45.4 Å². The Hall–Kier alpha value is -0.130. The predicted octanol–water partition coefficient (Wildman–Crippen LogP) is 1.83. The van der Waals surface area contributed by atoms with E-state index in [1.807, 2.05) is 0 Å². The maximum atomic E-state index is 11.6. The third kappa shape index (κ3) is 4.72. The molecule has 1 aliphatic carbocycles. The SMILES string of the molecule is CC1CCC(NCC2CCCN(S(C)(=O)=O)C2)CC1. The number of hydrogen-bond donors (Lipinski definition) is 1. The van der Waals surface area contributed by atoms with Crippen molar-refractivity contribution in [3.8, 4) is 0 Å². The minimum Gasteiger partial charge on any atom is -0.314 e. The van der Waals surface area contributed by atoms with Crippen LogP contribution in [0.3, 0.4) is 0 Å². The van der Waals surface area contributed by atoms with Crippen LogP contribution in [0.25, 0.3) is 0 Å². The van der Waals surface area contributed by atoms with Crippen molar-refractivity contribution in [3.63, 3.8) is 0 Å². The van der Waals surface area contributed by atoms with E-state index in [0.717, 1.165) is 25.3 Å². The van der Waals surface area contributed by atoms with Crippen LogP contribution in [-0.4, -0.2) is 44.7 Å². The highest BCUT2D eigenvalue weighted by atomic mass is 32.2. The summed E-state index contributed by atoms with van der Waals surface area (Å²) >= 11 is 0. The molecule has 2 aliphatic rings. The van der Waals surface area contributed by atoms with Crippen LogP contribution < -0.4 is 5.32 Å². The molecule has 112 valence electrons. The van der Waals surface area contributed by atoms with Crippen molar-refractivity contribution in [3.05, 3.63) is 0 Å². The van der Waals surface area contributed by atoms with Crippen LogP contribution in [0, 0.1) is 11.8 Å². The van der Waals surface area contributed by atoms with Gasteiger partial charge in [0.2, 0.25) is 10.0 Å². The second-order valence-electron chi connectivity index (χ2n) is 6.49. The average molecular weight is 288 g/mol. The fourth-order valence-electron chi connectivity index (χ4n) is 3.29. The van der Waals surface area contributed by atoms with Crippen molar-refractivity contribution in [2.24, 2.45) is 11.8 Å². The van der Waals surface area contributed by atoms with Gasteiger partial charge in [0.25, 0.3) is 0 Å². The summed E-state index contributed by atoms with van der Waals surface area (Å²) in [6.07, 6.45) is 8.71. The van der Waals surface area contributed by atoms with Crippen molar-refractivity contribution in [2.75, 3.05) is 25.9 Å². The Labute approximate surface area is 118 Å². The standard InChI is InChI=1S/C14H28N2O2S/c1-12-5-7-14(8-6-12)15-10-13-4-3-9-16(11-13)19(2,17)18/h12-15H,3-11H2,1-2H3. The van der Waals surface area contributed by atoms with Gasteiger partial charge in [0.1, 0.15) is 0 Å². The number of nitrogens with one attached hydrogen (secondary N) is 1. The Morgan fingerprint density at radius 2 is 1.84 bits per heavy atom. The van der Waals surface area contributed by atoms with Crippen LogP contribution in [0.2, 0.25) is 0 Å². The Morgan fingerprint density at radius 3 is 2.47 bits per heavy atom. The van der Waals surface area contributed by atoms with Gasteiger partial charge in [-0.15, -0.1) is 0 Å². The summed E-state index contributed by atoms with van der Waals surface area (Å²) in [4.78, 5) is 0. The van der Waals surface area contributed by atoms with Crippen LogP contribution in [0.4, 0.5) is 0 Å². The van der Waals surface area contributed by atoms with Gasteiger partial charge in [-0.2, -0.15) is 0 Å². The highest BCUT2D eigenvalue weighted by molar-refractivity contribution is 7.88. The molecule has 1 aliphatic heterocycles. The molecule has 2 rings (SSSR count). The van der Waals surface area contributed by atoms with Crippen molar-refractivity contribution in [2.45, 2.75) is 51.5 Å². The van der Waals surface area contributed by atoms with Gasteiger partial charge in [0, 0.05) is 19.1 Å². The van der Waals surface area contributed by atoms with Gasteiger partial charge >= 0.3 is 0 Å². The number of rotatable bonds is 4. The van der Waals surface area contributed by atoms with E-state index in [-0.39, 0.29) is 0 Å². The fourth-order valence-corrected chi connectivity index (χ4v) is 4.23. The average Bonchev–Trinajstić information content (AvgIpc) is 2.37. The van der Waals surface area contributed by atoms with Crippen LogP contribution in [0.5, 0.6) is 0 Å². The Kier molecular flexibility index (Phi) is 5.26. The number of nitrogens with zero attached hydrogens (tertiary/aromatic N) is 1. The van der Waals surface area contributed by atoms with Gasteiger partial charge in [0.15, 0.2) is 0 Å². The zero-order valence-corrected chi connectivity index (χ0v) is 13.1. The van der Waals surface area contributed by atoms with Gasteiger partial charge < -0.3 is 5.32 Å². The van der Waals surface area contributed by atoms with Gasteiger partial charge in [-0.25, -0.2) is 12.7 Å². The minimum absolute atomic E-state index is 0.489. The summed E-state index contributed by atoms with van der Waals surface area (Å²) in [6.45, 7) is 4.72. The molecule has 1 atom stereocenters. The Morgan fingerprint density at radius 1 is 1.16 bits per heavy atom. The summed E-state index contributed by atoms with van der Waals surface area (Å²) < 4.78 is 24.8.